The molecule has 6 heteroatoms. The van der Waals surface area contributed by atoms with Gasteiger partial charge in [0, 0.05) is 18.6 Å². The monoisotopic (exact) mass is 172 g/mol. The second-order valence-electron chi connectivity index (χ2n) is 1.77. The molecule has 11 heavy (non-hydrogen) atoms. The Balaban J connectivity index is 2.29. The van der Waals surface area contributed by atoms with Gasteiger partial charge >= 0.3 is 0 Å². The molecule has 0 spiro atoms. The third-order valence-corrected chi connectivity index (χ3v) is 1.66. The lowest BCUT2D eigenvalue weighted by molar-refractivity contribution is -0.118. The Hall–Kier alpha value is -1.17. The smallest absolute Gasteiger partial charge is 0.239 e. The lowest BCUT2D eigenvalue weighted by Gasteiger charge is -1.98. The summed E-state index contributed by atoms with van der Waals surface area (Å²) in [6.07, 6.45) is 1.44. The molecule has 0 aliphatic rings. The molecule has 60 valence electrons. The summed E-state index contributed by atoms with van der Waals surface area (Å²) in [7, 11) is 1.59. The largest absolute Gasteiger partial charge is 0.358 e. The summed E-state index contributed by atoms with van der Waals surface area (Å²) in [5.74, 6) is -0.0693. The predicted molar refractivity (Wildman–Crippen MR) is 42.5 cm³/mol. The van der Waals surface area contributed by atoms with E-state index in [0.29, 0.717) is 5.13 Å². The first-order valence-corrected chi connectivity index (χ1v) is 3.81. The van der Waals surface area contributed by atoms with Crippen molar-refractivity contribution < 1.29 is 4.79 Å². The molecule has 2 N–H and O–H groups in total. The standard InChI is InChI=1S/C5H8N4OS/c1-6-4(10)2-7-5-8-3-9-11-5/h3H,2H2,1H3,(H,6,10)(H,7,8,9). The second kappa shape index (κ2) is 3.87. The van der Waals surface area contributed by atoms with E-state index in [1.165, 1.54) is 17.9 Å². The van der Waals surface area contributed by atoms with Crippen LogP contribution in [0.1, 0.15) is 0 Å². The number of hydrogen-bond acceptors (Lipinski definition) is 5. The van der Waals surface area contributed by atoms with Crippen LogP contribution < -0.4 is 10.6 Å². The molecule has 0 atom stereocenters. The number of carbonyl (C=O) groups is 1. The van der Waals surface area contributed by atoms with Gasteiger partial charge in [0.1, 0.15) is 6.33 Å². The van der Waals surface area contributed by atoms with Crippen LogP contribution in [-0.4, -0.2) is 28.9 Å². The van der Waals surface area contributed by atoms with Crippen LogP contribution in [0.25, 0.3) is 0 Å². The van der Waals surface area contributed by atoms with Crippen LogP contribution in [0.15, 0.2) is 6.33 Å². The van der Waals surface area contributed by atoms with Gasteiger partial charge in [-0.3, -0.25) is 4.79 Å². The van der Waals surface area contributed by atoms with Crippen molar-refractivity contribution in [3.63, 3.8) is 0 Å². The first-order valence-electron chi connectivity index (χ1n) is 3.04. The van der Waals surface area contributed by atoms with Crippen molar-refractivity contribution in [3.8, 4) is 0 Å². The zero-order valence-corrected chi connectivity index (χ0v) is 6.81. The van der Waals surface area contributed by atoms with E-state index in [-0.39, 0.29) is 12.5 Å². The molecule has 0 bridgehead atoms. The third-order valence-electron chi connectivity index (χ3n) is 1.04. The van der Waals surface area contributed by atoms with Crippen molar-refractivity contribution in [3.05, 3.63) is 6.33 Å². The molecular formula is C5H8N4OS. The van der Waals surface area contributed by atoms with E-state index >= 15 is 0 Å². The zero-order valence-electron chi connectivity index (χ0n) is 6.00. The Kier molecular flexibility index (Phi) is 2.79. The molecular weight excluding hydrogens is 164 g/mol. The quantitative estimate of drug-likeness (QED) is 0.656. The van der Waals surface area contributed by atoms with Crippen molar-refractivity contribution in [2.24, 2.45) is 0 Å². The van der Waals surface area contributed by atoms with Crippen LogP contribution in [-0.2, 0) is 4.79 Å². The van der Waals surface area contributed by atoms with E-state index < -0.39 is 0 Å². The Labute approximate surface area is 68.0 Å². The summed E-state index contributed by atoms with van der Waals surface area (Å²) < 4.78 is 3.76. The topological polar surface area (TPSA) is 66.9 Å². The normalized spacial score (nSPS) is 9.18. The summed E-state index contributed by atoms with van der Waals surface area (Å²) >= 11 is 1.22. The molecule has 1 rings (SSSR count). The van der Waals surface area contributed by atoms with Gasteiger partial charge in [0.2, 0.25) is 11.0 Å². The van der Waals surface area contributed by atoms with E-state index in [0.717, 1.165) is 0 Å². The predicted octanol–water partition coefficient (Wildman–Crippen LogP) is -0.304. The highest BCUT2D eigenvalue weighted by Gasteiger charge is 1.98. The number of nitrogens with zero attached hydrogens (tertiary/aromatic N) is 2. The minimum Gasteiger partial charge on any atom is -0.358 e. The van der Waals surface area contributed by atoms with Crippen LogP contribution in [0.3, 0.4) is 0 Å². The van der Waals surface area contributed by atoms with Crippen LogP contribution in [0.2, 0.25) is 0 Å². The van der Waals surface area contributed by atoms with Gasteiger partial charge in [-0.15, -0.1) is 0 Å². The van der Waals surface area contributed by atoms with Crippen molar-refractivity contribution in [1.29, 1.82) is 0 Å². The first-order chi connectivity index (χ1) is 5.33. The lowest BCUT2D eigenvalue weighted by Crippen LogP contribution is -2.26. The summed E-state index contributed by atoms with van der Waals surface area (Å²) in [6, 6.07) is 0. The fourth-order valence-corrected chi connectivity index (χ4v) is 0.920. The molecule has 0 aliphatic heterocycles. The average molecular weight is 172 g/mol. The zero-order chi connectivity index (χ0) is 8.10. The Morgan fingerprint density at radius 1 is 1.82 bits per heavy atom. The minimum absolute atomic E-state index is 0.0693. The second-order valence-corrected chi connectivity index (χ2v) is 2.55. The summed E-state index contributed by atoms with van der Waals surface area (Å²) in [4.78, 5) is 14.5. The molecule has 0 radical (unpaired) electrons. The van der Waals surface area contributed by atoms with Gasteiger partial charge in [-0.1, -0.05) is 0 Å². The first kappa shape index (κ1) is 7.93. The molecule has 1 aromatic rings. The molecule has 0 saturated carbocycles. The number of aromatic nitrogens is 2. The van der Waals surface area contributed by atoms with E-state index in [2.05, 4.69) is 20.0 Å². The number of rotatable bonds is 3. The van der Waals surface area contributed by atoms with E-state index in [4.69, 9.17) is 0 Å². The molecule has 0 fully saturated rings. The van der Waals surface area contributed by atoms with Gasteiger partial charge in [-0.2, -0.15) is 4.37 Å². The highest BCUT2D eigenvalue weighted by Crippen LogP contribution is 2.04. The SMILES string of the molecule is CNC(=O)CNc1ncns1. The van der Waals surface area contributed by atoms with Crippen molar-refractivity contribution in [1.82, 2.24) is 14.7 Å². The Bertz CT molecular complexity index is 222. The van der Waals surface area contributed by atoms with Crippen LogP contribution in [0.4, 0.5) is 5.13 Å². The van der Waals surface area contributed by atoms with E-state index in [9.17, 15) is 4.79 Å². The fourth-order valence-electron chi connectivity index (χ4n) is 0.495. The molecule has 0 aliphatic carbocycles. The van der Waals surface area contributed by atoms with Gasteiger partial charge in [-0.05, 0) is 0 Å². The van der Waals surface area contributed by atoms with Crippen molar-refractivity contribution in [2.45, 2.75) is 0 Å². The van der Waals surface area contributed by atoms with Crippen LogP contribution >= 0.6 is 11.5 Å². The maximum Gasteiger partial charge on any atom is 0.239 e. The van der Waals surface area contributed by atoms with Crippen LogP contribution in [0, 0.1) is 0 Å². The number of amides is 1. The number of anilines is 1. The molecule has 0 unspecified atom stereocenters. The van der Waals surface area contributed by atoms with E-state index in [1.54, 1.807) is 7.05 Å². The van der Waals surface area contributed by atoms with E-state index in [1.807, 2.05) is 0 Å². The minimum atomic E-state index is -0.0693. The Morgan fingerprint density at radius 2 is 2.64 bits per heavy atom. The lowest BCUT2D eigenvalue weighted by atomic mass is 10.6. The maximum absolute atomic E-state index is 10.7. The highest BCUT2D eigenvalue weighted by molar-refractivity contribution is 7.09. The molecule has 1 amide bonds. The van der Waals surface area contributed by atoms with Gasteiger partial charge in [0.15, 0.2) is 0 Å². The third kappa shape index (κ3) is 2.50. The molecule has 1 heterocycles. The van der Waals surface area contributed by atoms with Gasteiger partial charge in [0.05, 0.1) is 6.54 Å². The number of likely N-dealkylation sites (N-methyl/N-ethyl adjacent to an activating group) is 1. The van der Waals surface area contributed by atoms with Crippen molar-refractivity contribution in [2.75, 3.05) is 18.9 Å². The average Bonchev–Trinajstić information content (AvgIpc) is 2.52. The molecule has 5 nitrogen and oxygen atoms in total. The van der Waals surface area contributed by atoms with Gasteiger partial charge in [-0.25, -0.2) is 4.98 Å². The van der Waals surface area contributed by atoms with Crippen molar-refractivity contribution >= 4 is 22.6 Å². The summed E-state index contributed by atoms with van der Waals surface area (Å²) in [6.45, 7) is 0.242. The molecule has 0 aromatic carbocycles. The molecule has 0 saturated heterocycles. The summed E-state index contributed by atoms with van der Waals surface area (Å²) in [5.41, 5.74) is 0. The fraction of sp³-hybridized carbons (Fsp3) is 0.400. The Morgan fingerprint density at radius 3 is 3.18 bits per heavy atom. The number of hydrogen-bond donors (Lipinski definition) is 2. The van der Waals surface area contributed by atoms with Gasteiger partial charge < -0.3 is 10.6 Å². The maximum atomic E-state index is 10.7. The van der Waals surface area contributed by atoms with Crippen LogP contribution in [0.5, 0.6) is 0 Å². The number of carbonyl (C=O) groups excluding carboxylic acids is 1. The highest BCUT2D eigenvalue weighted by atomic mass is 32.1. The number of nitrogens with one attached hydrogen (secondary N) is 2. The van der Waals surface area contributed by atoms with Gasteiger partial charge in [0.25, 0.3) is 0 Å². The summed E-state index contributed by atoms with van der Waals surface area (Å²) in [5, 5.41) is 5.95. The molecule has 1 aromatic heterocycles.